The van der Waals surface area contributed by atoms with Gasteiger partial charge in [-0.25, -0.2) is 8.78 Å². The van der Waals surface area contributed by atoms with E-state index in [2.05, 4.69) is 4.99 Å². The highest BCUT2D eigenvalue weighted by molar-refractivity contribution is 7.16. The molecule has 2 aromatic carbocycles. The zero-order valence-corrected chi connectivity index (χ0v) is 15.2. The van der Waals surface area contributed by atoms with Gasteiger partial charge in [-0.3, -0.25) is 4.79 Å². The maximum Gasteiger partial charge on any atom is 0.279 e. The molecule has 1 amide bonds. The zero-order valence-electron chi connectivity index (χ0n) is 14.4. The number of halogens is 2. The highest BCUT2D eigenvalue weighted by atomic mass is 32.1. The fourth-order valence-corrected chi connectivity index (χ4v) is 3.76. The number of hydrogen-bond acceptors (Lipinski definition) is 4. The van der Waals surface area contributed by atoms with E-state index in [4.69, 9.17) is 9.47 Å². The number of hydrogen-bond donors (Lipinski definition) is 0. The minimum atomic E-state index is -0.682. The molecular weight excluding hydrogens is 362 g/mol. The van der Waals surface area contributed by atoms with Crippen LogP contribution in [0.5, 0.6) is 11.5 Å². The second kappa shape index (κ2) is 7.25. The number of nitrogens with zero attached hydrogens (tertiary/aromatic N) is 2. The first-order valence-corrected chi connectivity index (χ1v) is 8.59. The fourth-order valence-electron chi connectivity index (χ4n) is 2.63. The molecule has 0 aliphatic heterocycles. The molecule has 0 N–H and O–H groups in total. The molecule has 5 nitrogen and oxygen atoms in total. The Bertz CT molecular complexity index is 1060. The van der Waals surface area contributed by atoms with Crippen LogP contribution in [0.25, 0.3) is 10.2 Å². The van der Waals surface area contributed by atoms with E-state index in [1.54, 1.807) is 23.6 Å². The van der Waals surface area contributed by atoms with Crippen molar-refractivity contribution in [1.29, 1.82) is 0 Å². The Kier molecular flexibility index (Phi) is 5.03. The molecule has 136 valence electrons. The third kappa shape index (κ3) is 3.20. The molecule has 0 spiro atoms. The molecule has 0 fully saturated rings. The number of benzene rings is 2. The molecule has 0 radical (unpaired) electrons. The number of methoxy groups -OCH3 is 2. The summed E-state index contributed by atoms with van der Waals surface area (Å²) in [5.41, 5.74) is 0.534. The lowest BCUT2D eigenvalue weighted by Crippen LogP contribution is -2.16. The molecule has 3 aromatic rings. The summed E-state index contributed by atoms with van der Waals surface area (Å²) in [5, 5.41) is 0. The van der Waals surface area contributed by atoms with Crippen molar-refractivity contribution in [2.75, 3.05) is 14.2 Å². The summed E-state index contributed by atoms with van der Waals surface area (Å²) >= 11 is 1.06. The SMILES string of the molecule is CCn1c(=NC(=O)c2ccc(OC)c(OC)c2)sc2cc(F)cc(F)c21. The van der Waals surface area contributed by atoms with Gasteiger partial charge in [-0.05, 0) is 31.2 Å². The number of carbonyl (C=O) groups is 1. The average Bonchev–Trinajstić information content (AvgIpc) is 2.97. The van der Waals surface area contributed by atoms with Crippen LogP contribution in [0.2, 0.25) is 0 Å². The van der Waals surface area contributed by atoms with E-state index in [0.717, 1.165) is 17.4 Å². The number of ether oxygens (including phenoxy) is 2. The third-order valence-corrected chi connectivity index (χ3v) is 4.86. The Morgan fingerprint density at radius 1 is 1.15 bits per heavy atom. The van der Waals surface area contributed by atoms with Crippen molar-refractivity contribution < 1.29 is 23.0 Å². The standard InChI is InChI=1S/C18H16F2N2O3S/c1-4-22-16-12(20)8-11(19)9-15(16)26-18(22)21-17(23)10-5-6-13(24-2)14(7-10)25-3/h5-9H,4H2,1-3H3. The van der Waals surface area contributed by atoms with Crippen molar-refractivity contribution in [3.8, 4) is 11.5 Å². The van der Waals surface area contributed by atoms with Crippen molar-refractivity contribution in [3.05, 3.63) is 52.3 Å². The van der Waals surface area contributed by atoms with E-state index in [1.165, 1.54) is 26.4 Å². The van der Waals surface area contributed by atoms with Crippen LogP contribution in [0.15, 0.2) is 35.3 Å². The molecule has 26 heavy (non-hydrogen) atoms. The number of amides is 1. The Morgan fingerprint density at radius 2 is 1.88 bits per heavy atom. The number of aromatic nitrogens is 1. The highest BCUT2D eigenvalue weighted by Crippen LogP contribution is 2.28. The van der Waals surface area contributed by atoms with Crippen molar-refractivity contribution in [3.63, 3.8) is 0 Å². The van der Waals surface area contributed by atoms with Gasteiger partial charge in [-0.2, -0.15) is 4.99 Å². The molecule has 0 bridgehead atoms. The van der Waals surface area contributed by atoms with Gasteiger partial charge in [-0.1, -0.05) is 11.3 Å². The number of thiazole rings is 1. The summed E-state index contributed by atoms with van der Waals surface area (Å²) < 4.78 is 39.9. The van der Waals surface area contributed by atoms with Crippen molar-refractivity contribution >= 4 is 27.5 Å². The summed E-state index contributed by atoms with van der Waals surface area (Å²) in [4.78, 5) is 16.9. The predicted octanol–water partition coefficient (Wildman–Crippen LogP) is 3.76. The lowest BCUT2D eigenvalue weighted by molar-refractivity contribution is 0.0997. The molecule has 0 atom stereocenters. The van der Waals surface area contributed by atoms with Crippen LogP contribution in [0.3, 0.4) is 0 Å². The lowest BCUT2D eigenvalue weighted by Gasteiger charge is -2.07. The molecule has 1 aromatic heterocycles. The third-order valence-electron chi connectivity index (χ3n) is 3.84. The summed E-state index contributed by atoms with van der Waals surface area (Å²) in [7, 11) is 2.97. The summed E-state index contributed by atoms with van der Waals surface area (Å²) in [6.45, 7) is 2.19. The largest absolute Gasteiger partial charge is 0.493 e. The van der Waals surface area contributed by atoms with Gasteiger partial charge in [0.25, 0.3) is 5.91 Å². The van der Waals surface area contributed by atoms with Gasteiger partial charge in [-0.15, -0.1) is 0 Å². The van der Waals surface area contributed by atoms with Gasteiger partial charge in [0.1, 0.15) is 5.82 Å². The summed E-state index contributed by atoms with van der Waals surface area (Å²) in [5.74, 6) is -0.968. The number of aryl methyl sites for hydroxylation is 1. The Hall–Kier alpha value is -2.74. The molecule has 0 saturated carbocycles. The van der Waals surface area contributed by atoms with Gasteiger partial charge in [0.2, 0.25) is 0 Å². The molecule has 0 unspecified atom stereocenters. The Labute approximate surface area is 152 Å². The molecule has 1 heterocycles. The molecule has 8 heteroatoms. The monoisotopic (exact) mass is 378 g/mol. The van der Waals surface area contributed by atoms with Crippen molar-refractivity contribution in [1.82, 2.24) is 4.57 Å². The van der Waals surface area contributed by atoms with E-state index in [-0.39, 0.29) is 5.52 Å². The van der Waals surface area contributed by atoms with Crippen LogP contribution in [0.4, 0.5) is 8.78 Å². The maximum absolute atomic E-state index is 14.1. The fraction of sp³-hybridized carbons (Fsp3) is 0.222. The van der Waals surface area contributed by atoms with Gasteiger partial charge in [0, 0.05) is 18.2 Å². The first-order valence-electron chi connectivity index (χ1n) is 7.78. The summed E-state index contributed by atoms with van der Waals surface area (Å²) in [6.07, 6.45) is 0. The number of carbonyl (C=O) groups excluding carboxylic acids is 1. The van der Waals surface area contributed by atoms with Crippen LogP contribution in [-0.2, 0) is 6.54 Å². The van der Waals surface area contributed by atoms with Crippen LogP contribution in [0.1, 0.15) is 17.3 Å². The van der Waals surface area contributed by atoms with Gasteiger partial charge < -0.3 is 14.0 Å². The molecule has 0 aliphatic rings. The van der Waals surface area contributed by atoms with Crippen LogP contribution in [-0.4, -0.2) is 24.7 Å². The topological polar surface area (TPSA) is 52.8 Å². The smallest absolute Gasteiger partial charge is 0.279 e. The Balaban J connectivity index is 2.13. The second-order valence-corrected chi connectivity index (χ2v) is 6.36. The van der Waals surface area contributed by atoms with E-state index >= 15 is 0 Å². The number of fused-ring (bicyclic) bond motifs is 1. The van der Waals surface area contributed by atoms with Crippen molar-refractivity contribution in [2.45, 2.75) is 13.5 Å². The zero-order chi connectivity index (χ0) is 18.8. The first-order chi connectivity index (χ1) is 12.5. The van der Waals surface area contributed by atoms with E-state index in [1.807, 2.05) is 0 Å². The Morgan fingerprint density at radius 3 is 2.54 bits per heavy atom. The predicted molar refractivity (Wildman–Crippen MR) is 94.8 cm³/mol. The maximum atomic E-state index is 14.1. The van der Waals surface area contributed by atoms with Crippen LogP contribution >= 0.6 is 11.3 Å². The summed E-state index contributed by atoms with van der Waals surface area (Å²) in [6, 6.07) is 6.75. The van der Waals surface area contributed by atoms with Gasteiger partial charge in [0.05, 0.1) is 24.4 Å². The van der Waals surface area contributed by atoms with Crippen LogP contribution < -0.4 is 14.3 Å². The minimum Gasteiger partial charge on any atom is -0.493 e. The van der Waals surface area contributed by atoms with E-state index < -0.39 is 17.5 Å². The normalized spacial score (nSPS) is 11.8. The second-order valence-electron chi connectivity index (χ2n) is 5.35. The molecular formula is C18H16F2N2O3S. The average molecular weight is 378 g/mol. The van der Waals surface area contributed by atoms with Gasteiger partial charge in [0.15, 0.2) is 22.1 Å². The lowest BCUT2D eigenvalue weighted by atomic mass is 10.2. The van der Waals surface area contributed by atoms with E-state index in [0.29, 0.717) is 33.1 Å². The minimum absolute atomic E-state index is 0.234. The molecule has 0 aliphatic carbocycles. The van der Waals surface area contributed by atoms with Crippen LogP contribution in [0, 0.1) is 11.6 Å². The van der Waals surface area contributed by atoms with Crippen molar-refractivity contribution in [2.24, 2.45) is 4.99 Å². The quantitative estimate of drug-likeness (QED) is 0.695. The first kappa shape index (κ1) is 18.1. The van der Waals surface area contributed by atoms with E-state index in [9.17, 15) is 13.6 Å². The number of rotatable bonds is 4. The highest BCUT2D eigenvalue weighted by Gasteiger charge is 2.14. The molecule has 0 saturated heterocycles. The van der Waals surface area contributed by atoms with Gasteiger partial charge >= 0.3 is 0 Å². The molecule has 3 rings (SSSR count).